The van der Waals surface area contributed by atoms with E-state index < -0.39 is 0 Å². The molecule has 3 N–H and O–H groups in total. The van der Waals surface area contributed by atoms with E-state index in [2.05, 4.69) is 19.3 Å². The van der Waals surface area contributed by atoms with Crippen LogP contribution in [0.25, 0.3) is 0 Å². The van der Waals surface area contributed by atoms with Gasteiger partial charge in [-0.05, 0) is 37.5 Å². The third kappa shape index (κ3) is 4.48. The van der Waals surface area contributed by atoms with Gasteiger partial charge in [-0.2, -0.15) is 0 Å². The molecule has 0 amide bonds. The predicted octanol–water partition coefficient (Wildman–Crippen LogP) is 3.38. The van der Waals surface area contributed by atoms with E-state index in [9.17, 15) is 0 Å². The lowest BCUT2D eigenvalue weighted by molar-refractivity contribution is 0.136. The summed E-state index contributed by atoms with van der Waals surface area (Å²) >= 11 is 5.93. The largest absolute Gasteiger partial charge is 0.489 e. The van der Waals surface area contributed by atoms with Crippen LogP contribution in [0.2, 0.25) is 5.02 Å². The van der Waals surface area contributed by atoms with Gasteiger partial charge in [0.25, 0.3) is 0 Å². The predicted molar refractivity (Wildman–Crippen MR) is 76.7 cm³/mol. The van der Waals surface area contributed by atoms with Crippen molar-refractivity contribution in [2.75, 3.05) is 0 Å². The Labute approximate surface area is 115 Å². The molecule has 0 bridgehead atoms. The molecule has 0 fully saturated rings. The van der Waals surface area contributed by atoms with Crippen molar-refractivity contribution in [3.05, 3.63) is 29.3 Å². The Morgan fingerprint density at radius 1 is 1.39 bits per heavy atom. The van der Waals surface area contributed by atoms with Gasteiger partial charge in [0.1, 0.15) is 11.9 Å². The summed E-state index contributed by atoms with van der Waals surface area (Å²) in [5.41, 5.74) is 2.86. The van der Waals surface area contributed by atoms with Gasteiger partial charge in [0.2, 0.25) is 0 Å². The van der Waals surface area contributed by atoms with Crippen molar-refractivity contribution in [1.29, 1.82) is 0 Å². The quantitative estimate of drug-likeness (QED) is 0.590. The van der Waals surface area contributed by atoms with Crippen molar-refractivity contribution in [3.8, 4) is 5.75 Å². The zero-order chi connectivity index (χ0) is 13.5. The van der Waals surface area contributed by atoms with Crippen molar-refractivity contribution in [2.24, 2.45) is 11.8 Å². The number of halogens is 1. The lowest BCUT2D eigenvalue weighted by atomic mass is 9.94. The summed E-state index contributed by atoms with van der Waals surface area (Å²) in [6, 6.07) is 7.56. The fraction of sp³-hybridized carbons (Fsp3) is 0.571. The molecular weight excluding hydrogens is 248 g/mol. The van der Waals surface area contributed by atoms with Gasteiger partial charge in [0.15, 0.2) is 0 Å². The summed E-state index contributed by atoms with van der Waals surface area (Å²) in [4.78, 5) is 0. The van der Waals surface area contributed by atoms with Crippen LogP contribution in [0.5, 0.6) is 5.75 Å². The number of rotatable bonds is 7. The van der Waals surface area contributed by atoms with Crippen LogP contribution in [0, 0.1) is 5.92 Å². The number of hydrazine groups is 1. The van der Waals surface area contributed by atoms with E-state index in [1.54, 1.807) is 0 Å². The van der Waals surface area contributed by atoms with E-state index in [1.807, 2.05) is 31.2 Å². The number of benzene rings is 1. The van der Waals surface area contributed by atoms with Crippen molar-refractivity contribution >= 4 is 11.6 Å². The molecular formula is C14H23ClN2O. The molecule has 1 aromatic rings. The van der Waals surface area contributed by atoms with Gasteiger partial charge in [0, 0.05) is 5.02 Å². The first-order valence-electron chi connectivity index (χ1n) is 6.46. The van der Waals surface area contributed by atoms with Crippen LogP contribution >= 0.6 is 11.6 Å². The zero-order valence-electron chi connectivity index (χ0n) is 11.3. The first-order chi connectivity index (χ1) is 8.58. The molecule has 0 radical (unpaired) electrons. The van der Waals surface area contributed by atoms with E-state index in [4.69, 9.17) is 22.2 Å². The van der Waals surface area contributed by atoms with Crippen LogP contribution in [0.1, 0.15) is 33.6 Å². The zero-order valence-corrected chi connectivity index (χ0v) is 12.1. The van der Waals surface area contributed by atoms with Crippen molar-refractivity contribution < 1.29 is 4.74 Å². The lowest BCUT2D eigenvalue weighted by Crippen LogP contribution is -2.49. The average Bonchev–Trinajstić information content (AvgIpc) is 2.30. The Kier molecular flexibility index (Phi) is 6.47. The molecule has 3 unspecified atom stereocenters. The summed E-state index contributed by atoms with van der Waals surface area (Å²) in [6.07, 6.45) is 2.26. The molecule has 4 heteroatoms. The van der Waals surface area contributed by atoms with Gasteiger partial charge in [-0.25, -0.2) is 0 Å². The first kappa shape index (κ1) is 15.3. The van der Waals surface area contributed by atoms with Crippen LogP contribution in [0.15, 0.2) is 24.3 Å². The maximum absolute atomic E-state index is 5.93. The maximum Gasteiger partial charge on any atom is 0.121 e. The molecule has 0 aliphatic heterocycles. The summed E-state index contributed by atoms with van der Waals surface area (Å²) in [7, 11) is 0. The van der Waals surface area contributed by atoms with Gasteiger partial charge in [-0.1, -0.05) is 37.9 Å². The Hall–Kier alpha value is -0.770. The fourth-order valence-corrected chi connectivity index (χ4v) is 2.41. The average molecular weight is 271 g/mol. The molecule has 18 heavy (non-hydrogen) atoms. The topological polar surface area (TPSA) is 47.3 Å². The maximum atomic E-state index is 5.93. The van der Waals surface area contributed by atoms with Gasteiger partial charge >= 0.3 is 0 Å². The molecule has 0 aromatic heterocycles. The van der Waals surface area contributed by atoms with E-state index in [1.165, 1.54) is 0 Å². The molecule has 3 atom stereocenters. The molecule has 0 heterocycles. The highest BCUT2D eigenvalue weighted by molar-refractivity contribution is 6.30. The molecule has 1 rings (SSSR count). The van der Waals surface area contributed by atoms with Crippen molar-refractivity contribution in [1.82, 2.24) is 5.43 Å². The summed E-state index contributed by atoms with van der Waals surface area (Å²) < 4.78 is 5.89. The number of ether oxygens (including phenoxy) is 1. The molecule has 3 nitrogen and oxygen atoms in total. The molecule has 102 valence electrons. The second-order valence-corrected chi connectivity index (χ2v) is 5.18. The summed E-state index contributed by atoms with van der Waals surface area (Å²) in [5.74, 6) is 6.88. The second kappa shape index (κ2) is 7.62. The van der Waals surface area contributed by atoms with Crippen LogP contribution in [0.3, 0.4) is 0 Å². The normalized spacial score (nSPS) is 16.1. The van der Waals surface area contributed by atoms with E-state index >= 15 is 0 Å². The van der Waals surface area contributed by atoms with Crippen LogP contribution in [0.4, 0.5) is 0 Å². The minimum Gasteiger partial charge on any atom is -0.489 e. The van der Waals surface area contributed by atoms with Gasteiger partial charge in [-0.15, -0.1) is 0 Å². The second-order valence-electron chi connectivity index (χ2n) is 4.74. The smallest absolute Gasteiger partial charge is 0.121 e. The minimum absolute atomic E-state index is 0.00461. The Morgan fingerprint density at radius 3 is 2.67 bits per heavy atom. The van der Waals surface area contributed by atoms with Crippen molar-refractivity contribution in [3.63, 3.8) is 0 Å². The fourth-order valence-electron chi connectivity index (χ4n) is 2.23. The molecule has 0 saturated carbocycles. The third-order valence-corrected chi connectivity index (χ3v) is 3.41. The van der Waals surface area contributed by atoms with Crippen molar-refractivity contribution in [2.45, 2.75) is 45.8 Å². The molecule has 1 aromatic carbocycles. The molecule has 0 saturated heterocycles. The van der Waals surface area contributed by atoms with Gasteiger partial charge < -0.3 is 4.74 Å². The highest BCUT2D eigenvalue weighted by Crippen LogP contribution is 2.21. The lowest BCUT2D eigenvalue weighted by Gasteiger charge is -2.29. The standard InChI is InChI=1S/C14H23ClN2O/c1-4-6-10(2)14(17-16)11(3)18-13-8-5-7-12(15)9-13/h5,7-11,14,17H,4,6,16H2,1-3H3. The molecule has 0 spiro atoms. The SMILES string of the molecule is CCCC(C)C(NN)C(C)Oc1cccc(Cl)c1. The minimum atomic E-state index is -0.00461. The highest BCUT2D eigenvalue weighted by Gasteiger charge is 2.23. The van der Waals surface area contributed by atoms with Crippen LogP contribution in [-0.2, 0) is 0 Å². The first-order valence-corrected chi connectivity index (χ1v) is 6.84. The van der Waals surface area contributed by atoms with Gasteiger partial charge in [-0.3, -0.25) is 11.3 Å². The third-order valence-electron chi connectivity index (χ3n) is 3.17. The number of hydrogen-bond donors (Lipinski definition) is 2. The van der Waals surface area contributed by atoms with E-state index in [0.717, 1.165) is 18.6 Å². The number of nitrogens with two attached hydrogens (primary N) is 1. The van der Waals surface area contributed by atoms with E-state index in [-0.39, 0.29) is 12.1 Å². The molecule has 0 aliphatic rings. The number of hydrogen-bond acceptors (Lipinski definition) is 3. The Bertz CT molecular complexity index is 359. The molecule has 0 aliphatic carbocycles. The number of nitrogens with one attached hydrogen (secondary N) is 1. The van der Waals surface area contributed by atoms with Crippen LogP contribution < -0.4 is 16.0 Å². The summed E-state index contributed by atoms with van der Waals surface area (Å²) in [5, 5.41) is 0.679. The van der Waals surface area contributed by atoms with E-state index in [0.29, 0.717) is 10.9 Å². The van der Waals surface area contributed by atoms with Gasteiger partial charge in [0.05, 0.1) is 6.04 Å². The highest BCUT2D eigenvalue weighted by atomic mass is 35.5. The Morgan fingerprint density at radius 2 is 2.11 bits per heavy atom. The van der Waals surface area contributed by atoms with Crippen LogP contribution in [-0.4, -0.2) is 12.1 Å². The monoisotopic (exact) mass is 270 g/mol. The summed E-state index contributed by atoms with van der Waals surface area (Å²) in [6.45, 7) is 6.38. The Balaban J connectivity index is 2.64.